The molecule has 3 aromatic rings. The molecule has 8 heteroatoms. The summed E-state index contributed by atoms with van der Waals surface area (Å²) >= 11 is 5.13. The molecule has 0 aliphatic carbocycles. The Morgan fingerprint density at radius 3 is 3.05 bits per heavy atom. The van der Waals surface area contributed by atoms with Gasteiger partial charge in [-0.2, -0.15) is 15.1 Å². The molecule has 0 spiro atoms. The van der Waals surface area contributed by atoms with Crippen LogP contribution in [-0.2, 0) is 0 Å². The second-order valence-corrected chi connectivity index (χ2v) is 5.95. The van der Waals surface area contributed by atoms with E-state index in [2.05, 4.69) is 59.8 Å². The van der Waals surface area contributed by atoms with Crippen LogP contribution in [-0.4, -0.2) is 20.2 Å². The molecule has 0 aliphatic heterocycles. The average molecular weight is 339 g/mol. The molecule has 0 saturated carbocycles. The van der Waals surface area contributed by atoms with Gasteiger partial charge < -0.3 is 11.1 Å². The SMILES string of the molecule is C[C@@H](Nc1nc(N)nc2[nH]ncc12)c1cc(Br)cs1. The number of rotatable bonds is 3. The van der Waals surface area contributed by atoms with Crippen LogP contribution in [0.2, 0.25) is 0 Å². The van der Waals surface area contributed by atoms with E-state index in [1.165, 1.54) is 4.88 Å². The van der Waals surface area contributed by atoms with Gasteiger partial charge in [-0.1, -0.05) is 0 Å². The van der Waals surface area contributed by atoms with E-state index in [4.69, 9.17) is 5.73 Å². The van der Waals surface area contributed by atoms with Crippen molar-refractivity contribution in [1.82, 2.24) is 20.2 Å². The van der Waals surface area contributed by atoms with Gasteiger partial charge in [-0.3, -0.25) is 5.10 Å². The maximum absolute atomic E-state index is 5.69. The molecule has 0 bridgehead atoms. The lowest BCUT2D eigenvalue weighted by Gasteiger charge is -2.13. The molecule has 0 aromatic carbocycles. The molecule has 1 atom stereocenters. The number of nitrogens with two attached hydrogens (primary N) is 1. The van der Waals surface area contributed by atoms with E-state index in [0.717, 1.165) is 9.86 Å². The minimum absolute atomic E-state index is 0.128. The lowest BCUT2D eigenvalue weighted by atomic mass is 10.2. The van der Waals surface area contributed by atoms with Crippen molar-refractivity contribution in [2.75, 3.05) is 11.1 Å². The molecule has 0 fully saturated rings. The Balaban J connectivity index is 1.94. The Morgan fingerprint density at radius 2 is 2.32 bits per heavy atom. The summed E-state index contributed by atoms with van der Waals surface area (Å²) in [7, 11) is 0. The van der Waals surface area contributed by atoms with Crippen LogP contribution in [0.3, 0.4) is 0 Å². The van der Waals surface area contributed by atoms with Gasteiger partial charge in [-0.25, -0.2) is 0 Å². The van der Waals surface area contributed by atoms with Crippen molar-refractivity contribution in [3.63, 3.8) is 0 Å². The largest absolute Gasteiger partial charge is 0.368 e. The minimum Gasteiger partial charge on any atom is -0.368 e. The summed E-state index contributed by atoms with van der Waals surface area (Å²) in [5.74, 6) is 0.909. The van der Waals surface area contributed by atoms with E-state index in [-0.39, 0.29) is 12.0 Å². The maximum Gasteiger partial charge on any atom is 0.224 e. The van der Waals surface area contributed by atoms with Gasteiger partial charge in [0.05, 0.1) is 17.6 Å². The first-order valence-electron chi connectivity index (χ1n) is 5.60. The molecule has 0 radical (unpaired) electrons. The van der Waals surface area contributed by atoms with Crippen molar-refractivity contribution in [1.29, 1.82) is 0 Å². The van der Waals surface area contributed by atoms with Crippen LogP contribution in [0.4, 0.5) is 11.8 Å². The summed E-state index contributed by atoms with van der Waals surface area (Å²) in [6.07, 6.45) is 1.69. The maximum atomic E-state index is 5.69. The van der Waals surface area contributed by atoms with Crippen molar-refractivity contribution in [2.45, 2.75) is 13.0 Å². The first-order chi connectivity index (χ1) is 9.13. The number of nitrogens with zero attached hydrogens (tertiary/aromatic N) is 3. The van der Waals surface area contributed by atoms with Crippen LogP contribution >= 0.6 is 27.3 Å². The first-order valence-corrected chi connectivity index (χ1v) is 7.28. The Morgan fingerprint density at radius 1 is 1.47 bits per heavy atom. The third kappa shape index (κ3) is 2.41. The van der Waals surface area contributed by atoms with Gasteiger partial charge in [0.1, 0.15) is 5.82 Å². The number of H-pyrrole nitrogens is 1. The number of halogens is 1. The number of thiophene rings is 1. The molecule has 4 N–H and O–H groups in total. The molecular formula is C11H11BrN6S. The summed E-state index contributed by atoms with van der Waals surface area (Å²) < 4.78 is 1.08. The van der Waals surface area contributed by atoms with Crippen molar-refractivity contribution in [2.24, 2.45) is 0 Å². The van der Waals surface area contributed by atoms with Crippen molar-refractivity contribution >= 4 is 50.1 Å². The van der Waals surface area contributed by atoms with Crippen LogP contribution in [0.1, 0.15) is 17.8 Å². The second-order valence-electron chi connectivity index (χ2n) is 4.10. The molecule has 0 unspecified atom stereocenters. The summed E-state index contributed by atoms with van der Waals surface area (Å²) in [5.41, 5.74) is 6.32. The molecule has 19 heavy (non-hydrogen) atoms. The molecule has 3 rings (SSSR count). The lowest BCUT2D eigenvalue weighted by Crippen LogP contribution is -2.08. The van der Waals surface area contributed by atoms with Gasteiger partial charge in [-0.05, 0) is 28.9 Å². The predicted molar refractivity (Wildman–Crippen MR) is 80.2 cm³/mol. The zero-order valence-electron chi connectivity index (χ0n) is 10.0. The molecule has 98 valence electrons. The molecule has 0 saturated heterocycles. The summed E-state index contributed by atoms with van der Waals surface area (Å²) in [6, 6.07) is 2.21. The molecule has 3 aromatic heterocycles. The third-order valence-electron chi connectivity index (χ3n) is 2.69. The Bertz CT molecular complexity index is 721. The van der Waals surface area contributed by atoms with E-state index in [9.17, 15) is 0 Å². The normalized spacial score (nSPS) is 12.7. The average Bonchev–Trinajstić information content (AvgIpc) is 2.97. The molecule has 3 heterocycles. The van der Waals surface area contributed by atoms with E-state index in [0.29, 0.717) is 11.5 Å². The fourth-order valence-electron chi connectivity index (χ4n) is 1.79. The summed E-state index contributed by atoms with van der Waals surface area (Å²) in [6.45, 7) is 2.07. The van der Waals surface area contributed by atoms with Crippen LogP contribution in [0.25, 0.3) is 11.0 Å². The van der Waals surface area contributed by atoms with Gasteiger partial charge >= 0.3 is 0 Å². The van der Waals surface area contributed by atoms with Crippen LogP contribution in [0, 0.1) is 0 Å². The predicted octanol–water partition coefficient (Wildman–Crippen LogP) is 2.93. The highest BCUT2D eigenvalue weighted by Gasteiger charge is 2.13. The van der Waals surface area contributed by atoms with Gasteiger partial charge in [0.25, 0.3) is 0 Å². The first kappa shape index (κ1) is 12.4. The summed E-state index contributed by atoms with van der Waals surface area (Å²) in [5, 5.41) is 13.0. The topological polar surface area (TPSA) is 92.5 Å². The number of fused-ring (bicyclic) bond motifs is 1. The standard InChI is InChI=1S/C11H11BrN6S/c1-5(8-2-6(12)4-19-8)15-9-7-3-14-18-10(7)17-11(13)16-9/h2-5H,1H3,(H4,13,14,15,16,17,18)/t5-/m1/s1. The second kappa shape index (κ2) is 4.78. The fraction of sp³-hybridized carbons (Fsp3) is 0.182. The van der Waals surface area contributed by atoms with Crippen molar-refractivity contribution in [3.8, 4) is 0 Å². The quantitative estimate of drug-likeness (QED) is 0.682. The molecule has 6 nitrogen and oxygen atoms in total. The molecule has 0 amide bonds. The van der Waals surface area contributed by atoms with E-state index < -0.39 is 0 Å². The van der Waals surface area contributed by atoms with E-state index >= 15 is 0 Å². The number of hydrogen-bond donors (Lipinski definition) is 3. The van der Waals surface area contributed by atoms with Crippen LogP contribution in [0.15, 0.2) is 22.1 Å². The number of nitrogen functional groups attached to an aromatic ring is 1. The highest BCUT2D eigenvalue weighted by molar-refractivity contribution is 9.10. The smallest absolute Gasteiger partial charge is 0.224 e. The zero-order chi connectivity index (χ0) is 13.4. The number of aromatic amines is 1. The number of aromatic nitrogens is 4. The number of hydrogen-bond acceptors (Lipinski definition) is 6. The fourth-order valence-corrected chi connectivity index (χ4v) is 3.25. The number of anilines is 2. The van der Waals surface area contributed by atoms with Crippen molar-refractivity contribution < 1.29 is 0 Å². The lowest BCUT2D eigenvalue weighted by molar-refractivity contribution is 0.898. The van der Waals surface area contributed by atoms with Gasteiger partial charge in [-0.15, -0.1) is 11.3 Å². The Hall–Kier alpha value is -1.67. The highest BCUT2D eigenvalue weighted by atomic mass is 79.9. The van der Waals surface area contributed by atoms with Gasteiger partial charge in [0, 0.05) is 14.7 Å². The zero-order valence-corrected chi connectivity index (χ0v) is 12.4. The molecular weight excluding hydrogens is 328 g/mol. The third-order valence-corrected chi connectivity index (χ3v) is 4.57. The molecule has 0 aliphatic rings. The highest BCUT2D eigenvalue weighted by Crippen LogP contribution is 2.29. The van der Waals surface area contributed by atoms with E-state index in [1.54, 1.807) is 17.5 Å². The van der Waals surface area contributed by atoms with Gasteiger partial charge in [0.15, 0.2) is 5.65 Å². The Kier molecular flexibility index (Phi) is 3.11. The Labute approximate surface area is 121 Å². The van der Waals surface area contributed by atoms with Crippen LogP contribution in [0.5, 0.6) is 0 Å². The van der Waals surface area contributed by atoms with Crippen LogP contribution < -0.4 is 11.1 Å². The van der Waals surface area contributed by atoms with Gasteiger partial charge in [0.2, 0.25) is 5.95 Å². The summed E-state index contributed by atoms with van der Waals surface area (Å²) in [4.78, 5) is 9.53. The monoisotopic (exact) mass is 338 g/mol. The van der Waals surface area contributed by atoms with Crippen molar-refractivity contribution in [3.05, 3.63) is 27.0 Å². The minimum atomic E-state index is 0.128. The van der Waals surface area contributed by atoms with E-state index in [1.807, 2.05) is 0 Å². The number of nitrogens with one attached hydrogen (secondary N) is 2.